The van der Waals surface area contributed by atoms with E-state index in [2.05, 4.69) is 22.0 Å². The molecule has 0 amide bonds. The van der Waals surface area contributed by atoms with Gasteiger partial charge in [0.15, 0.2) is 0 Å². The second-order valence-corrected chi connectivity index (χ2v) is 10.2. The van der Waals surface area contributed by atoms with Gasteiger partial charge in [-0.05, 0) is 56.8 Å². The van der Waals surface area contributed by atoms with E-state index in [1.54, 1.807) is 18.5 Å². The van der Waals surface area contributed by atoms with Gasteiger partial charge in [0.1, 0.15) is 0 Å². The molecular weight excluding hydrogens is 376 g/mol. The molecule has 0 radical (unpaired) electrons. The van der Waals surface area contributed by atoms with E-state index >= 15 is 0 Å². The van der Waals surface area contributed by atoms with Crippen LogP contribution in [0.25, 0.3) is 0 Å². The summed E-state index contributed by atoms with van der Waals surface area (Å²) in [4.78, 5) is 5.16. The zero-order chi connectivity index (χ0) is 20.3. The number of hydrogen-bond donors (Lipinski definition) is 0. The smallest absolute Gasteiger partial charge is 0.0889 e. The Hall–Kier alpha value is -1.04. The fraction of sp³-hybridized carbons (Fsp3) is 0.840. The van der Waals surface area contributed by atoms with Crippen LogP contribution in [0.1, 0.15) is 44.9 Å². The second kappa shape index (κ2) is 9.62. The van der Waals surface area contributed by atoms with Gasteiger partial charge >= 0.3 is 0 Å². The third kappa shape index (κ3) is 4.73. The van der Waals surface area contributed by atoms with Crippen LogP contribution in [0.4, 0.5) is 0 Å². The molecule has 8 saturated heterocycles. The molecule has 8 aliphatic heterocycles. The zero-order valence-corrected chi connectivity index (χ0v) is 18.8. The Morgan fingerprint density at radius 3 is 1.90 bits per heavy atom. The highest BCUT2D eigenvalue weighted by Gasteiger charge is 2.32. The number of ether oxygens (including phenoxy) is 3. The van der Waals surface area contributed by atoms with Crippen molar-refractivity contribution in [3.8, 4) is 0 Å². The summed E-state index contributed by atoms with van der Waals surface area (Å²) in [6.45, 7) is 8.67. The number of hydrogen-bond acceptors (Lipinski definition) is 5. The van der Waals surface area contributed by atoms with Gasteiger partial charge in [0.25, 0.3) is 0 Å². The lowest BCUT2D eigenvalue weighted by Gasteiger charge is -2.43. The first-order valence-electron chi connectivity index (χ1n) is 12.4. The third-order valence-corrected chi connectivity index (χ3v) is 8.21. The first-order chi connectivity index (χ1) is 14.8. The topological polar surface area (TPSA) is 34.2 Å². The molecule has 5 heteroatoms. The first kappa shape index (κ1) is 20.8. The van der Waals surface area contributed by atoms with Crippen LogP contribution in [0, 0.1) is 23.7 Å². The van der Waals surface area contributed by atoms with Gasteiger partial charge in [-0.15, -0.1) is 0 Å². The highest BCUT2D eigenvalue weighted by atomic mass is 16.5. The predicted molar refractivity (Wildman–Crippen MR) is 118 cm³/mol. The minimum atomic E-state index is 0.272. The Morgan fingerprint density at radius 1 is 0.767 bits per heavy atom. The van der Waals surface area contributed by atoms with Crippen LogP contribution in [-0.2, 0) is 14.2 Å². The molecule has 30 heavy (non-hydrogen) atoms. The number of allylic oxidation sites excluding steroid dienone is 2. The normalized spacial score (nSPS) is 36.8. The number of piperidine rings is 6. The number of nitrogens with zero attached hydrogens (tertiary/aromatic N) is 2. The third-order valence-electron chi connectivity index (χ3n) is 8.21. The van der Waals surface area contributed by atoms with Gasteiger partial charge in [-0.2, -0.15) is 0 Å². The van der Waals surface area contributed by atoms with Gasteiger partial charge in [0, 0.05) is 63.1 Å². The molecule has 8 aliphatic rings. The van der Waals surface area contributed by atoms with E-state index in [9.17, 15) is 0 Å². The molecule has 0 aromatic heterocycles. The molecule has 0 spiro atoms. The molecule has 0 saturated carbocycles. The van der Waals surface area contributed by atoms with Crippen molar-refractivity contribution in [3.05, 3.63) is 23.5 Å². The van der Waals surface area contributed by atoms with Crippen LogP contribution in [0.5, 0.6) is 0 Å². The summed E-state index contributed by atoms with van der Waals surface area (Å²) in [6.07, 6.45) is 14.7. The molecule has 8 heterocycles. The number of rotatable bonds is 3. The van der Waals surface area contributed by atoms with Gasteiger partial charge in [-0.1, -0.05) is 12.2 Å². The van der Waals surface area contributed by atoms with E-state index in [4.69, 9.17) is 14.2 Å². The van der Waals surface area contributed by atoms with E-state index in [1.807, 2.05) is 0 Å². The highest BCUT2D eigenvalue weighted by Crippen LogP contribution is 2.36. The fourth-order valence-corrected chi connectivity index (χ4v) is 6.20. The average Bonchev–Trinajstić information content (AvgIpc) is 3.48. The van der Waals surface area contributed by atoms with Gasteiger partial charge in [-0.25, -0.2) is 0 Å². The maximum Gasteiger partial charge on any atom is 0.0889 e. The van der Waals surface area contributed by atoms with Crippen LogP contribution < -0.4 is 0 Å². The lowest BCUT2D eigenvalue weighted by atomic mass is 9.85. The van der Waals surface area contributed by atoms with E-state index < -0.39 is 0 Å². The summed E-state index contributed by atoms with van der Waals surface area (Å²) in [5.41, 5.74) is 3.18. The van der Waals surface area contributed by atoms with Crippen molar-refractivity contribution in [2.75, 3.05) is 59.7 Å². The molecule has 8 fully saturated rings. The fourth-order valence-electron chi connectivity index (χ4n) is 6.20. The van der Waals surface area contributed by atoms with E-state index in [1.165, 1.54) is 71.1 Å². The minimum Gasteiger partial charge on any atom is -0.381 e. The molecule has 168 valence electrons. The highest BCUT2D eigenvalue weighted by molar-refractivity contribution is 5.12. The summed E-state index contributed by atoms with van der Waals surface area (Å²) >= 11 is 0. The standard InChI is InChI=1S/C13H21NO2.C12H19NO/c1-15-13-9-16-8-11(13)7-12-6-10-2-4-14(12)5-3-10;1-4-13-5-2-10(1)7-12(13)8-11-3-6-14-9-11/h7,10-11,13H,2-6,8-9H2,1H3;8,10-11H,1-7,9H2/b12-7+;12-8-. The molecule has 0 N–H and O–H groups in total. The Bertz CT molecular complexity index is 626. The van der Waals surface area contributed by atoms with E-state index in [0.29, 0.717) is 11.8 Å². The molecule has 5 nitrogen and oxygen atoms in total. The van der Waals surface area contributed by atoms with E-state index in [-0.39, 0.29) is 6.10 Å². The van der Waals surface area contributed by atoms with Crippen LogP contribution in [0.3, 0.4) is 0 Å². The van der Waals surface area contributed by atoms with Crippen molar-refractivity contribution in [1.29, 1.82) is 0 Å². The minimum absolute atomic E-state index is 0.272. The van der Waals surface area contributed by atoms with Crippen molar-refractivity contribution < 1.29 is 14.2 Å². The van der Waals surface area contributed by atoms with Crippen LogP contribution >= 0.6 is 0 Å². The van der Waals surface area contributed by atoms with Crippen molar-refractivity contribution >= 4 is 0 Å². The second-order valence-electron chi connectivity index (χ2n) is 10.2. The molecule has 8 rings (SSSR count). The molecule has 4 bridgehead atoms. The first-order valence-corrected chi connectivity index (χ1v) is 12.4. The van der Waals surface area contributed by atoms with Gasteiger partial charge < -0.3 is 24.0 Å². The maximum absolute atomic E-state index is 5.49. The number of methoxy groups -OCH3 is 1. The largest absolute Gasteiger partial charge is 0.381 e. The summed E-state index contributed by atoms with van der Waals surface area (Å²) in [7, 11) is 1.79. The van der Waals surface area contributed by atoms with Gasteiger partial charge in [0.2, 0.25) is 0 Å². The van der Waals surface area contributed by atoms with Crippen molar-refractivity contribution in [2.24, 2.45) is 23.7 Å². The summed E-state index contributed by atoms with van der Waals surface area (Å²) in [5, 5.41) is 0. The molecule has 0 aliphatic carbocycles. The average molecular weight is 417 g/mol. The van der Waals surface area contributed by atoms with E-state index in [0.717, 1.165) is 38.3 Å². The summed E-state index contributed by atoms with van der Waals surface area (Å²) < 4.78 is 16.4. The monoisotopic (exact) mass is 416 g/mol. The Labute approximate surface area is 182 Å². The SMILES string of the molecule is C(=C1\CC2CCN1CC2)/C1CCOC1.COC1COCC1/C=C1\CC2CCN1CC2. The molecular formula is C25H40N2O3. The summed E-state index contributed by atoms with van der Waals surface area (Å²) in [6, 6.07) is 0. The van der Waals surface area contributed by atoms with Crippen LogP contribution in [0.2, 0.25) is 0 Å². The zero-order valence-electron chi connectivity index (χ0n) is 18.8. The quantitative estimate of drug-likeness (QED) is 0.701. The van der Waals surface area contributed by atoms with Crippen LogP contribution in [-0.4, -0.2) is 75.6 Å². The number of fused-ring (bicyclic) bond motifs is 6. The Morgan fingerprint density at radius 2 is 1.40 bits per heavy atom. The molecule has 3 atom stereocenters. The lowest BCUT2D eigenvalue weighted by Crippen LogP contribution is -2.40. The lowest BCUT2D eigenvalue weighted by molar-refractivity contribution is 0.0726. The Kier molecular flexibility index (Phi) is 6.68. The van der Waals surface area contributed by atoms with Gasteiger partial charge in [-0.3, -0.25) is 0 Å². The molecule has 0 aromatic rings. The molecule has 0 aromatic carbocycles. The Balaban J connectivity index is 0.000000130. The van der Waals surface area contributed by atoms with Crippen LogP contribution in [0.15, 0.2) is 23.5 Å². The molecule has 3 unspecified atom stereocenters. The predicted octanol–water partition coefficient (Wildman–Crippen LogP) is 3.67. The van der Waals surface area contributed by atoms with Crippen molar-refractivity contribution in [2.45, 2.75) is 51.0 Å². The van der Waals surface area contributed by atoms with Crippen molar-refractivity contribution in [1.82, 2.24) is 9.80 Å². The van der Waals surface area contributed by atoms with Crippen molar-refractivity contribution in [3.63, 3.8) is 0 Å². The van der Waals surface area contributed by atoms with Gasteiger partial charge in [0.05, 0.1) is 25.9 Å². The summed E-state index contributed by atoms with van der Waals surface area (Å²) in [5.74, 6) is 3.12. The maximum atomic E-state index is 5.49.